The molecule has 0 saturated heterocycles. The molecule has 0 saturated carbocycles. The van der Waals surface area contributed by atoms with Crippen molar-refractivity contribution in [3.63, 3.8) is 0 Å². The second kappa shape index (κ2) is 7.46. The molecule has 0 aliphatic heterocycles. The van der Waals surface area contributed by atoms with E-state index in [-0.39, 0.29) is 27.6 Å². The van der Waals surface area contributed by atoms with Crippen molar-refractivity contribution in [3.05, 3.63) is 35.3 Å². The Balaban J connectivity index is 2.20. The number of carbonyl (C=O) groups excluding carboxylic acids is 1. The van der Waals surface area contributed by atoms with Crippen molar-refractivity contribution in [1.29, 1.82) is 0 Å². The van der Waals surface area contributed by atoms with E-state index in [0.717, 1.165) is 5.56 Å². The summed E-state index contributed by atoms with van der Waals surface area (Å²) in [7, 11) is -3.67. The van der Waals surface area contributed by atoms with Gasteiger partial charge in [0.05, 0.1) is 20.4 Å². The third kappa shape index (κ3) is 4.55. The second-order valence-corrected chi connectivity index (χ2v) is 9.24. The molecule has 1 heterocycles. The topological polar surface area (TPSA) is 76.1 Å². The van der Waals surface area contributed by atoms with Gasteiger partial charge < -0.3 is 5.32 Å². The van der Waals surface area contributed by atoms with Gasteiger partial charge in [-0.3, -0.25) is 4.79 Å². The molecule has 8 heteroatoms. The minimum atomic E-state index is -3.67. The normalized spacial score (nSPS) is 11.7. The van der Waals surface area contributed by atoms with Gasteiger partial charge in [0.2, 0.25) is 15.7 Å². The highest BCUT2D eigenvalue weighted by Gasteiger charge is 2.25. The average Bonchev–Trinajstić information content (AvgIpc) is 2.94. The van der Waals surface area contributed by atoms with E-state index in [0.29, 0.717) is 4.21 Å². The van der Waals surface area contributed by atoms with E-state index in [1.165, 1.54) is 28.6 Å². The minimum Gasteiger partial charge on any atom is -0.353 e. The van der Waals surface area contributed by atoms with Crippen LogP contribution in [0.25, 0.3) is 0 Å². The van der Waals surface area contributed by atoms with Crippen LogP contribution >= 0.6 is 23.1 Å². The molecule has 124 valence electrons. The maximum atomic E-state index is 12.7. The lowest BCUT2D eigenvalue weighted by atomic mass is 10.2. The Bertz CT molecular complexity index is 781. The summed E-state index contributed by atoms with van der Waals surface area (Å²) in [6.45, 7) is 5.65. The number of aryl methyl sites for hydroxylation is 1. The summed E-state index contributed by atoms with van der Waals surface area (Å²) in [5, 5.41) is 2.80. The first-order chi connectivity index (χ1) is 10.8. The van der Waals surface area contributed by atoms with Crippen molar-refractivity contribution in [1.82, 2.24) is 10.3 Å². The number of benzene rings is 1. The van der Waals surface area contributed by atoms with Crippen molar-refractivity contribution in [2.75, 3.05) is 5.75 Å². The Morgan fingerprint density at radius 2 is 1.96 bits per heavy atom. The molecule has 1 amide bonds. The molecule has 0 aliphatic rings. The summed E-state index contributed by atoms with van der Waals surface area (Å²) >= 11 is 2.42. The van der Waals surface area contributed by atoms with Gasteiger partial charge in [-0.25, -0.2) is 13.4 Å². The minimum absolute atomic E-state index is 0.0219. The first-order valence-corrected chi connectivity index (χ1v) is 10.3. The molecule has 1 N–H and O–H groups in total. The van der Waals surface area contributed by atoms with Crippen molar-refractivity contribution in [2.45, 2.75) is 40.9 Å². The zero-order valence-electron chi connectivity index (χ0n) is 13.1. The van der Waals surface area contributed by atoms with Crippen LogP contribution < -0.4 is 5.32 Å². The molecule has 0 aliphatic carbocycles. The molecule has 5 nitrogen and oxygen atoms in total. The number of thiazole rings is 1. The van der Waals surface area contributed by atoms with Crippen molar-refractivity contribution in [2.24, 2.45) is 0 Å². The van der Waals surface area contributed by atoms with Crippen LogP contribution in [0.3, 0.4) is 0 Å². The smallest absolute Gasteiger partial charge is 0.230 e. The summed E-state index contributed by atoms with van der Waals surface area (Å²) in [5.74, 6) is 0.0358. The molecule has 0 spiro atoms. The number of carbonyl (C=O) groups is 1. The van der Waals surface area contributed by atoms with Gasteiger partial charge in [-0.05, 0) is 32.9 Å². The zero-order chi connectivity index (χ0) is 17.0. The van der Waals surface area contributed by atoms with Crippen molar-refractivity contribution >= 4 is 38.8 Å². The Labute approximate surface area is 144 Å². The first kappa shape index (κ1) is 18.0. The maximum Gasteiger partial charge on any atom is 0.230 e. The van der Waals surface area contributed by atoms with Crippen LogP contribution in [0.1, 0.15) is 19.4 Å². The van der Waals surface area contributed by atoms with E-state index >= 15 is 0 Å². The van der Waals surface area contributed by atoms with Crippen LogP contribution in [0.5, 0.6) is 0 Å². The first-order valence-electron chi connectivity index (χ1n) is 6.98. The number of hydrogen-bond donors (Lipinski definition) is 1. The molecule has 1 aromatic heterocycles. The van der Waals surface area contributed by atoms with E-state index in [9.17, 15) is 13.2 Å². The summed E-state index contributed by atoms with van der Waals surface area (Å²) in [6.07, 6.45) is 0. The zero-order valence-corrected chi connectivity index (χ0v) is 15.5. The fourth-order valence-corrected chi connectivity index (χ4v) is 5.51. The molecular formula is C15H18N2O3S3. The largest absolute Gasteiger partial charge is 0.353 e. The number of amides is 1. The number of nitrogens with zero attached hydrogens (tertiary/aromatic N) is 1. The van der Waals surface area contributed by atoms with E-state index in [1.807, 2.05) is 20.8 Å². The summed E-state index contributed by atoms with van der Waals surface area (Å²) in [5.41, 5.74) is 2.48. The molecule has 0 fully saturated rings. The molecule has 23 heavy (non-hydrogen) atoms. The van der Waals surface area contributed by atoms with Crippen molar-refractivity contribution in [3.8, 4) is 0 Å². The number of sulfone groups is 1. The van der Waals surface area contributed by atoms with Gasteiger partial charge in [-0.1, -0.05) is 17.7 Å². The fourth-order valence-electron chi connectivity index (χ4n) is 1.82. The molecule has 0 radical (unpaired) electrons. The van der Waals surface area contributed by atoms with Crippen molar-refractivity contribution < 1.29 is 13.2 Å². The Morgan fingerprint density at radius 3 is 2.57 bits per heavy atom. The van der Waals surface area contributed by atoms with Crippen LogP contribution in [-0.4, -0.2) is 31.1 Å². The Hall–Kier alpha value is -1.38. The summed E-state index contributed by atoms with van der Waals surface area (Å²) in [4.78, 5) is 15.9. The predicted molar refractivity (Wildman–Crippen MR) is 92.7 cm³/mol. The van der Waals surface area contributed by atoms with E-state index < -0.39 is 9.84 Å². The SMILES string of the molecule is Cc1ccc(S(=O)(=O)c2ncsc2SCC(=O)NC(C)C)cc1. The van der Waals surface area contributed by atoms with Gasteiger partial charge >= 0.3 is 0 Å². The third-order valence-corrected chi connectivity index (χ3v) is 6.97. The van der Waals surface area contributed by atoms with E-state index in [1.54, 1.807) is 24.3 Å². The highest BCUT2D eigenvalue weighted by molar-refractivity contribution is 8.02. The van der Waals surface area contributed by atoms with Gasteiger partial charge in [-0.15, -0.1) is 23.1 Å². The number of thioether (sulfide) groups is 1. The highest BCUT2D eigenvalue weighted by Crippen LogP contribution is 2.33. The van der Waals surface area contributed by atoms with Gasteiger partial charge in [0.15, 0.2) is 5.03 Å². The molecule has 0 unspecified atom stereocenters. The van der Waals surface area contributed by atoms with Crippen LogP contribution in [0.2, 0.25) is 0 Å². The standard InChI is InChI=1S/C15H18N2O3S3/c1-10(2)17-13(18)8-21-15-14(16-9-22-15)23(19,20)12-6-4-11(3)5-7-12/h4-7,9-10H,8H2,1-3H3,(H,17,18). The Morgan fingerprint density at radius 1 is 1.30 bits per heavy atom. The molecule has 2 rings (SSSR count). The van der Waals surface area contributed by atoms with E-state index in [4.69, 9.17) is 0 Å². The van der Waals surface area contributed by atoms with Crippen LogP contribution in [0, 0.1) is 6.92 Å². The van der Waals surface area contributed by atoms with Gasteiger partial charge in [0.25, 0.3) is 0 Å². The molecule has 0 atom stereocenters. The number of hydrogen-bond acceptors (Lipinski definition) is 6. The van der Waals surface area contributed by atoms with Crippen LogP contribution in [-0.2, 0) is 14.6 Å². The average molecular weight is 371 g/mol. The summed E-state index contributed by atoms with van der Waals surface area (Å²) < 4.78 is 25.9. The Kier molecular flexibility index (Phi) is 5.83. The van der Waals surface area contributed by atoms with Crippen LogP contribution in [0.4, 0.5) is 0 Å². The van der Waals surface area contributed by atoms with Gasteiger partial charge in [0.1, 0.15) is 0 Å². The molecule has 1 aromatic carbocycles. The molecule has 0 bridgehead atoms. The fraction of sp³-hybridized carbons (Fsp3) is 0.333. The van der Waals surface area contributed by atoms with Crippen LogP contribution in [0.15, 0.2) is 43.9 Å². The summed E-state index contributed by atoms with van der Waals surface area (Å²) in [6, 6.07) is 6.71. The lowest BCUT2D eigenvalue weighted by Gasteiger charge is -2.08. The number of rotatable bonds is 6. The lowest BCUT2D eigenvalue weighted by molar-refractivity contribution is -0.119. The number of aromatic nitrogens is 1. The quantitative estimate of drug-likeness (QED) is 0.791. The third-order valence-electron chi connectivity index (χ3n) is 2.87. The molecule has 2 aromatic rings. The van der Waals surface area contributed by atoms with Gasteiger partial charge in [0, 0.05) is 6.04 Å². The van der Waals surface area contributed by atoms with E-state index in [2.05, 4.69) is 10.3 Å². The lowest BCUT2D eigenvalue weighted by Crippen LogP contribution is -2.31. The predicted octanol–water partition coefficient (Wildman–Crippen LogP) is 2.90. The monoisotopic (exact) mass is 370 g/mol. The second-order valence-electron chi connectivity index (χ2n) is 5.27. The number of nitrogens with one attached hydrogen (secondary N) is 1. The maximum absolute atomic E-state index is 12.7. The van der Waals surface area contributed by atoms with Gasteiger partial charge in [-0.2, -0.15) is 0 Å². The highest BCUT2D eigenvalue weighted by atomic mass is 32.2. The molecular weight excluding hydrogens is 352 g/mol.